The lowest BCUT2D eigenvalue weighted by Gasteiger charge is -2.29. The molecule has 28 heavy (non-hydrogen) atoms. The average Bonchev–Trinajstić information content (AvgIpc) is 2.65. The first-order chi connectivity index (χ1) is 13.2. The summed E-state index contributed by atoms with van der Waals surface area (Å²) in [4.78, 5) is 35.9. The van der Waals surface area contributed by atoms with E-state index in [0.717, 1.165) is 24.8 Å². The number of carbonyl (C=O) groups excluding carboxylic acids is 3. The number of carbonyl (C=O) groups is 3. The zero-order valence-corrected chi connectivity index (χ0v) is 17.3. The third-order valence-electron chi connectivity index (χ3n) is 5.23. The molecular weight excluding hydrogens is 356 g/mol. The van der Waals surface area contributed by atoms with E-state index in [1.165, 1.54) is 6.42 Å². The normalized spacial score (nSPS) is 19.6. The number of esters is 1. The van der Waals surface area contributed by atoms with Gasteiger partial charge >= 0.3 is 5.97 Å². The zero-order valence-electron chi connectivity index (χ0n) is 17.3. The van der Waals surface area contributed by atoms with E-state index in [9.17, 15) is 14.4 Å². The van der Waals surface area contributed by atoms with Crippen molar-refractivity contribution < 1.29 is 19.1 Å². The SMILES string of the molecule is C[C@H]1CCCC[C@@H]1NC(=O)COC(=O)CNC(=O)c1ccc(C(C)(C)C)cc1. The van der Waals surface area contributed by atoms with Crippen LogP contribution in [0.3, 0.4) is 0 Å². The summed E-state index contributed by atoms with van der Waals surface area (Å²) >= 11 is 0. The minimum Gasteiger partial charge on any atom is -0.454 e. The van der Waals surface area contributed by atoms with Crippen molar-refractivity contribution in [1.82, 2.24) is 10.6 Å². The highest BCUT2D eigenvalue weighted by Crippen LogP contribution is 2.23. The molecule has 0 aromatic heterocycles. The Kier molecular flexibility index (Phi) is 7.61. The van der Waals surface area contributed by atoms with Crippen LogP contribution < -0.4 is 10.6 Å². The van der Waals surface area contributed by atoms with Gasteiger partial charge in [0, 0.05) is 11.6 Å². The number of ether oxygens (including phenoxy) is 1. The number of hydrogen-bond acceptors (Lipinski definition) is 4. The minimum atomic E-state index is -0.633. The number of benzene rings is 1. The maximum atomic E-state index is 12.1. The Morgan fingerprint density at radius 2 is 1.71 bits per heavy atom. The second-order valence-electron chi connectivity index (χ2n) is 8.61. The first-order valence-corrected chi connectivity index (χ1v) is 10.0. The summed E-state index contributed by atoms with van der Waals surface area (Å²) in [5.74, 6) is -0.835. The number of nitrogens with one attached hydrogen (secondary N) is 2. The van der Waals surface area contributed by atoms with Gasteiger partial charge in [0.2, 0.25) is 0 Å². The van der Waals surface area contributed by atoms with Crippen molar-refractivity contribution in [1.29, 1.82) is 0 Å². The molecule has 0 aliphatic heterocycles. The highest BCUT2D eigenvalue weighted by Gasteiger charge is 2.23. The van der Waals surface area contributed by atoms with E-state index in [-0.39, 0.29) is 36.4 Å². The van der Waals surface area contributed by atoms with E-state index < -0.39 is 5.97 Å². The lowest BCUT2D eigenvalue weighted by Crippen LogP contribution is -2.43. The Balaban J connectivity index is 1.71. The molecule has 0 saturated heterocycles. The number of hydrogen-bond donors (Lipinski definition) is 2. The van der Waals surface area contributed by atoms with Crippen molar-refractivity contribution in [2.24, 2.45) is 5.92 Å². The Morgan fingerprint density at radius 3 is 2.32 bits per heavy atom. The van der Waals surface area contributed by atoms with Gasteiger partial charge in [-0.2, -0.15) is 0 Å². The zero-order chi connectivity index (χ0) is 20.7. The molecule has 0 unspecified atom stereocenters. The van der Waals surface area contributed by atoms with Crippen LogP contribution in [-0.2, 0) is 19.7 Å². The van der Waals surface area contributed by atoms with Crippen molar-refractivity contribution in [3.8, 4) is 0 Å². The molecule has 2 rings (SSSR count). The number of rotatable bonds is 6. The fraction of sp³-hybridized carbons (Fsp3) is 0.591. The molecule has 2 N–H and O–H groups in total. The minimum absolute atomic E-state index is 0.00873. The highest BCUT2D eigenvalue weighted by atomic mass is 16.5. The smallest absolute Gasteiger partial charge is 0.325 e. The maximum absolute atomic E-state index is 12.1. The van der Waals surface area contributed by atoms with Crippen LogP contribution in [0.25, 0.3) is 0 Å². The number of amides is 2. The summed E-state index contributed by atoms with van der Waals surface area (Å²) in [7, 11) is 0. The second-order valence-corrected chi connectivity index (χ2v) is 8.61. The van der Waals surface area contributed by atoms with E-state index in [4.69, 9.17) is 4.74 Å². The van der Waals surface area contributed by atoms with Gasteiger partial charge < -0.3 is 15.4 Å². The Morgan fingerprint density at radius 1 is 1.07 bits per heavy atom. The van der Waals surface area contributed by atoms with Gasteiger partial charge in [0.1, 0.15) is 6.54 Å². The molecule has 154 valence electrons. The Bertz CT molecular complexity index is 691. The molecule has 6 heteroatoms. The van der Waals surface area contributed by atoms with Crippen LogP contribution in [-0.4, -0.2) is 37.0 Å². The van der Waals surface area contributed by atoms with Crippen LogP contribution in [0, 0.1) is 5.92 Å². The van der Waals surface area contributed by atoms with Gasteiger partial charge in [-0.05, 0) is 41.9 Å². The highest BCUT2D eigenvalue weighted by molar-refractivity contribution is 5.96. The van der Waals surface area contributed by atoms with Crippen LogP contribution >= 0.6 is 0 Å². The first kappa shape index (κ1) is 21.9. The van der Waals surface area contributed by atoms with E-state index >= 15 is 0 Å². The van der Waals surface area contributed by atoms with Gasteiger partial charge in [0.05, 0.1) is 0 Å². The molecule has 1 aliphatic rings. The topological polar surface area (TPSA) is 84.5 Å². The molecule has 1 fully saturated rings. The van der Waals surface area contributed by atoms with E-state index in [0.29, 0.717) is 11.5 Å². The van der Waals surface area contributed by atoms with E-state index in [1.54, 1.807) is 12.1 Å². The molecule has 1 aromatic carbocycles. The monoisotopic (exact) mass is 388 g/mol. The average molecular weight is 389 g/mol. The maximum Gasteiger partial charge on any atom is 0.325 e. The predicted molar refractivity (Wildman–Crippen MR) is 108 cm³/mol. The Hall–Kier alpha value is -2.37. The summed E-state index contributed by atoms with van der Waals surface area (Å²) in [5.41, 5.74) is 1.61. The van der Waals surface area contributed by atoms with Crippen LogP contribution in [0.5, 0.6) is 0 Å². The molecule has 1 aliphatic carbocycles. The summed E-state index contributed by atoms with van der Waals surface area (Å²) in [6, 6.07) is 7.43. The van der Waals surface area contributed by atoms with Gasteiger partial charge in [-0.3, -0.25) is 14.4 Å². The molecule has 0 bridgehead atoms. The molecule has 2 atom stereocenters. The Labute approximate surface area is 167 Å². The fourth-order valence-corrected chi connectivity index (χ4v) is 3.35. The molecule has 1 aromatic rings. The summed E-state index contributed by atoms with van der Waals surface area (Å²) in [5, 5.41) is 5.45. The molecular formula is C22H32N2O4. The molecule has 6 nitrogen and oxygen atoms in total. The van der Waals surface area contributed by atoms with Crippen molar-refractivity contribution in [2.45, 2.75) is 64.8 Å². The molecule has 1 saturated carbocycles. The second kappa shape index (κ2) is 9.71. The molecule has 0 heterocycles. The third kappa shape index (κ3) is 6.66. The van der Waals surface area contributed by atoms with Gasteiger partial charge in [0.15, 0.2) is 6.61 Å². The summed E-state index contributed by atoms with van der Waals surface area (Å²) < 4.78 is 4.96. The van der Waals surface area contributed by atoms with Crippen LogP contribution in [0.15, 0.2) is 24.3 Å². The molecule has 0 radical (unpaired) electrons. The van der Waals surface area contributed by atoms with E-state index in [2.05, 4.69) is 38.3 Å². The van der Waals surface area contributed by atoms with Gasteiger partial charge in [-0.1, -0.05) is 52.7 Å². The fourth-order valence-electron chi connectivity index (χ4n) is 3.35. The predicted octanol–water partition coefficient (Wildman–Crippen LogP) is 2.95. The van der Waals surface area contributed by atoms with Gasteiger partial charge in [-0.15, -0.1) is 0 Å². The quantitative estimate of drug-likeness (QED) is 0.734. The van der Waals surface area contributed by atoms with Crippen LogP contribution in [0.1, 0.15) is 69.3 Å². The van der Waals surface area contributed by atoms with Crippen LogP contribution in [0.2, 0.25) is 0 Å². The van der Waals surface area contributed by atoms with Crippen molar-refractivity contribution in [2.75, 3.05) is 13.2 Å². The van der Waals surface area contributed by atoms with Gasteiger partial charge in [0.25, 0.3) is 11.8 Å². The van der Waals surface area contributed by atoms with E-state index in [1.807, 2.05) is 12.1 Å². The molecule has 0 spiro atoms. The largest absolute Gasteiger partial charge is 0.454 e. The van der Waals surface area contributed by atoms with Crippen LogP contribution in [0.4, 0.5) is 0 Å². The first-order valence-electron chi connectivity index (χ1n) is 10.0. The summed E-state index contributed by atoms with van der Waals surface area (Å²) in [6.45, 7) is 7.83. The van der Waals surface area contributed by atoms with Crippen molar-refractivity contribution in [3.05, 3.63) is 35.4 Å². The van der Waals surface area contributed by atoms with Gasteiger partial charge in [-0.25, -0.2) is 0 Å². The standard InChI is InChI=1S/C22H32N2O4/c1-15-7-5-6-8-18(15)24-19(25)14-28-20(26)13-23-21(27)16-9-11-17(12-10-16)22(2,3)4/h9-12,15,18H,5-8,13-14H2,1-4H3,(H,23,27)(H,24,25)/t15-,18-/m0/s1. The molecule has 2 amide bonds. The summed E-state index contributed by atoms with van der Waals surface area (Å²) in [6.07, 6.45) is 4.37. The van der Waals surface area contributed by atoms with Crippen molar-refractivity contribution in [3.63, 3.8) is 0 Å². The lowest BCUT2D eigenvalue weighted by atomic mass is 9.86. The van der Waals surface area contributed by atoms with Crippen molar-refractivity contribution >= 4 is 17.8 Å². The lowest BCUT2D eigenvalue weighted by molar-refractivity contribution is -0.147. The third-order valence-corrected chi connectivity index (χ3v) is 5.23.